The molecule has 6 nitrogen and oxygen atoms in total. The third kappa shape index (κ3) is 6.20. The Bertz CT molecular complexity index is 1380. The molecule has 4 rings (SSSR count). The normalized spacial score (nSPS) is 14.0. The zero-order valence-electron chi connectivity index (χ0n) is 19.6. The van der Waals surface area contributed by atoms with Gasteiger partial charge < -0.3 is 0 Å². The first-order chi connectivity index (χ1) is 17.3. The Labute approximate surface area is 215 Å². The van der Waals surface area contributed by atoms with Gasteiger partial charge in [-0.15, -0.1) is 11.8 Å². The molecule has 0 bridgehead atoms. The molecular formula is C28H26N2O4S2. The molecule has 0 saturated carbocycles. The van der Waals surface area contributed by atoms with E-state index in [1.165, 1.54) is 23.9 Å². The van der Waals surface area contributed by atoms with Gasteiger partial charge in [0.05, 0.1) is 4.90 Å². The van der Waals surface area contributed by atoms with Crippen molar-refractivity contribution >= 4 is 21.8 Å². The van der Waals surface area contributed by atoms with E-state index in [1.807, 2.05) is 67.6 Å². The topological polar surface area (TPSA) is 89.3 Å². The fourth-order valence-corrected chi connectivity index (χ4v) is 6.52. The highest BCUT2D eigenvalue weighted by atomic mass is 32.2. The fourth-order valence-electron chi connectivity index (χ4n) is 3.98. The molecule has 0 aliphatic heterocycles. The highest BCUT2D eigenvalue weighted by molar-refractivity contribution is 7.99. The Morgan fingerprint density at radius 3 is 1.78 bits per heavy atom. The van der Waals surface area contributed by atoms with Crippen LogP contribution in [0, 0.1) is 17.0 Å². The van der Waals surface area contributed by atoms with Crippen molar-refractivity contribution in [2.75, 3.05) is 0 Å². The fraction of sp³-hybridized carbons (Fsp3) is 0.143. The van der Waals surface area contributed by atoms with Crippen molar-refractivity contribution in [3.8, 4) is 0 Å². The van der Waals surface area contributed by atoms with Gasteiger partial charge in [-0.2, -0.15) is 4.72 Å². The van der Waals surface area contributed by atoms with E-state index in [-0.39, 0.29) is 9.82 Å². The van der Waals surface area contributed by atoms with Gasteiger partial charge in [0.15, 0.2) is 0 Å². The molecule has 0 fully saturated rings. The first-order valence-corrected chi connectivity index (χ1v) is 13.8. The second-order valence-corrected chi connectivity index (χ2v) is 11.3. The number of nitro groups is 1. The van der Waals surface area contributed by atoms with Gasteiger partial charge in [0.2, 0.25) is 16.1 Å². The number of nitrogens with one attached hydrogen (secondary N) is 1. The van der Waals surface area contributed by atoms with Gasteiger partial charge in [0.1, 0.15) is 11.3 Å². The minimum atomic E-state index is -4.06. The smallest absolute Gasteiger partial charge is 0.249 e. The summed E-state index contributed by atoms with van der Waals surface area (Å²) < 4.78 is 29.5. The Balaban J connectivity index is 1.82. The van der Waals surface area contributed by atoms with Gasteiger partial charge in [-0.25, -0.2) is 8.42 Å². The SMILES string of the molecule is Cc1ccc(S(=O)(=O)N[C@H](c2ccccc2)[C@@H]([C@@H](Sc2ccccc2)c2ccccc2)[N+](=O)[O-])cc1. The third-order valence-electron chi connectivity index (χ3n) is 5.80. The number of rotatable bonds is 10. The molecule has 4 aromatic carbocycles. The summed E-state index contributed by atoms with van der Waals surface area (Å²) in [6, 6.07) is 31.4. The van der Waals surface area contributed by atoms with Crippen LogP contribution in [-0.4, -0.2) is 19.4 Å². The summed E-state index contributed by atoms with van der Waals surface area (Å²) in [7, 11) is -4.06. The molecule has 36 heavy (non-hydrogen) atoms. The Kier molecular flexibility index (Phi) is 8.20. The monoisotopic (exact) mass is 518 g/mol. The molecule has 0 radical (unpaired) electrons. The number of hydrogen-bond donors (Lipinski definition) is 1. The first-order valence-electron chi connectivity index (χ1n) is 11.4. The average molecular weight is 519 g/mol. The summed E-state index contributed by atoms with van der Waals surface area (Å²) in [4.78, 5) is 13.3. The molecular weight excluding hydrogens is 492 g/mol. The molecule has 0 aromatic heterocycles. The van der Waals surface area contributed by atoms with Gasteiger partial charge in [-0.05, 0) is 42.3 Å². The lowest BCUT2D eigenvalue weighted by Gasteiger charge is -2.28. The van der Waals surface area contributed by atoms with Gasteiger partial charge in [-0.1, -0.05) is 96.6 Å². The number of benzene rings is 4. The van der Waals surface area contributed by atoms with Crippen LogP contribution in [0.4, 0.5) is 0 Å². The van der Waals surface area contributed by atoms with E-state index in [2.05, 4.69) is 4.72 Å². The average Bonchev–Trinajstić information content (AvgIpc) is 2.89. The van der Waals surface area contributed by atoms with Crippen molar-refractivity contribution in [3.05, 3.63) is 142 Å². The molecule has 0 unspecified atom stereocenters. The lowest BCUT2D eigenvalue weighted by molar-refractivity contribution is -0.527. The maximum Gasteiger partial charge on any atom is 0.249 e. The second kappa shape index (κ2) is 11.5. The molecule has 1 N–H and O–H groups in total. The van der Waals surface area contributed by atoms with Crippen molar-refractivity contribution in [2.24, 2.45) is 0 Å². The van der Waals surface area contributed by atoms with Crippen LogP contribution in [-0.2, 0) is 10.0 Å². The van der Waals surface area contributed by atoms with E-state index in [9.17, 15) is 18.5 Å². The summed E-state index contributed by atoms with van der Waals surface area (Å²) >= 11 is 1.35. The van der Waals surface area contributed by atoms with Crippen LogP contribution in [0.1, 0.15) is 28.0 Å². The molecule has 3 atom stereocenters. The summed E-state index contributed by atoms with van der Waals surface area (Å²) in [6.45, 7) is 1.87. The van der Waals surface area contributed by atoms with E-state index in [4.69, 9.17) is 0 Å². The van der Waals surface area contributed by atoms with Crippen LogP contribution in [0.15, 0.2) is 125 Å². The summed E-state index contributed by atoms with van der Waals surface area (Å²) in [6.07, 6.45) is 0. The molecule has 184 valence electrons. The van der Waals surface area contributed by atoms with Gasteiger partial charge in [0.25, 0.3) is 0 Å². The van der Waals surface area contributed by atoms with Crippen molar-refractivity contribution in [2.45, 2.75) is 34.0 Å². The number of thioether (sulfide) groups is 1. The maximum absolute atomic E-state index is 13.4. The van der Waals surface area contributed by atoms with E-state index < -0.39 is 27.4 Å². The van der Waals surface area contributed by atoms with E-state index >= 15 is 0 Å². The van der Waals surface area contributed by atoms with E-state index in [0.717, 1.165) is 16.0 Å². The molecule has 0 heterocycles. The summed E-state index contributed by atoms with van der Waals surface area (Å²) in [5.74, 6) is 0. The van der Waals surface area contributed by atoms with Crippen molar-refractivity contribution in [3.63, 3.8) is 0 Å². The molecule has 0 aliphatic carbocycles. The standard InChI is InChI=1S/C28H26N2O4S2/c1-21-17-19-25(20-18-21)36(33,34)29-26(22-11-5-2-6-12-22)27(30(31)32)28(23-13-7-3-8-14-23)35-24-15-9-4-10-16-24/h2-20,26-29H,1H3/t26-,27+,28+/m1/s1. The minimum absolute atomic E-state index is 0.0584. The van der Waals surface area contributed by atoms with Crippen LogP contribution in [0.25, 0.3) is 0 Å². The molecule has 4 aromatic rings. The predicted molar refractivity (Wildman–Crippen MR) is 143 cm³/mol. The summed E-state index contributed by atoms with van der Waals surface area (Å²) in [5, 5.41) is 12.1. The molecule has 0 saturated heterocycles. The Morgan fingerprint density at radius 2 is 1.25 bits per heavy atom. The number of nitrogens with zero attached hydrogens (tertiary/aromatic N) is 1. The lowest BCUT2D eigenvalue weighted by Crippen LogP contribution is -2.42. The predicted octanol–water partition coefficient (Wildman–Crippen LogP) is 6.19. The second-order valence-electron chi connectivity index (χ2n) is 8.36. The van der Waals surface area contributed by atoms with Crippen LogP contribution in [0.2, 0.25) is 0 Å². The molecule has 8 heteroatoms. The highest BCUT2D eigenvalue weighted by Gasteiger charge is 2.43. The zero-order chi connectivity index (χ0) is 25.5. The number of hydrogen-bond acceptors (Lipinski definition) is 5. The number of aryl methyl sites for hydroxylation is 1. The lowest BCUT2D eigenvalue weighted by atomic mass is 9.94. The van der Waals surface area contributed by atoms with Gasteiger partial charge in [-0.3, -0.25) is 10.1 Å². The third-order valence-corrected chi connectivity index (χ3v) is 8.61. The van der Waals surface area contributed by atoms with Crippen LogP contribution >= 0.6 is 11.8 Å². The highest BCUT2D eigenvalue weighted by Crippen LogP contribution is 2.43. The molecule has 0 spiro atoms. The Hall–Kier alpha value is -3.46. The van der Waals surface area contributed by atoms with Crippen LogP contribution in [0.5, 0.6) is 0 Å². The van der Waals surface area contributed by atoms with Crippen molar-refractivity contribution in [1.82, 2.24) is 4.72 Å². The van der Waals surface area contributed by atoms with Crippen molar-refractivity contribution < 1.29 is 13.3 Å². The number of sulfonamides is 1. The first kappa shape index (κ1) is 25.6. The van der Waals surface area contributed by atoms with Gasteiger partial charge in [0, 0.05) is 9.82 Å². The Morgan fingerprint density at radius 1 is 0.750 bits per heavy atom. The molecule has 0 aliphatic rings. The van der Waals surface area contributed by atoms with Crippen molar-refractivity contribution in [1.29, 1.82) is 0 Å². The van der Waals surface area contributed by atoms with E-state index in [0.29, 0.717) is 5.56 Å². The minimum Gasteiger partial charge on any atom is -0.264 e. The summed E-state index contributed by atoms with van der Waals surface area (Å²) in [5.41, 5.74) is 2.17. The maximum atomic E-state index is 13.4. The van der Waals surface area contributed by atoms with Crippen LogP contribution in [0.3, 0.4) is 0 Å². The molecule has 0 amide bonds. The van der Waals surface area contributed by atoms with Gasteiger partial charge >= 0.3 is 0 Å². The van der Waals surface area contributed by atoms with Crippen LogP contribution < -0.4 is 4.72 Å². The zero-order valence-corrected chi connectivity index (χ0v) is 21.2. The largest absolute Gasteiger partial charge is 0.264 e. The van der Waals surface area contributed by atoms with E-state index in [1.54, 1.807) is 42.5 Å². The quantitative estimate of drug-likeness (QED) is 0.154.